The van der Waals surface area contributed by atoms with Crippen molar-refractivity contribution < 1.29 is 5.11 Å². The Balaban J connectivity index is 2.03. The third kappa shape index (κ3) is 2.44. The molecule has 0 spiro atoms. The van der Waals surface area contributed by atoms with E-state index in [-0.39, 0.29) is 6.61 Å². The van der Waals surface area contributed by atoms with Crippen molar-refractivity contribution in [3.05, 3.63) is 70.3 Å². The second kappa shape index (κ2) is 5.19. The Bertz CT molecular complexity index is 718. The summed E-state index contributed by atoms with van der Waals surface area (Å²) < 4.78 is 3.32. The summed E-state index contributed by atoms with van der Waals surface area (Å²) in [5.74, 6) is 0. The standard InChI is InChI=1S/C16H14BrNO/c17-15-4-2-1-3-14(15)10-18-8-7-13-6-5-12(11-19)9-16(13)18/h1-9,19H,10-11H2. The van der Waals surface area contributed by atoms with E-state index in [2.05, 4.69) is 51.0 Å². The molecule has 0 saturated heterocycles. The Kier molecular flexibility index (Phi) is 3.40. The van der Waals surface area contributed by atoms with Crippen LogP contribution in [0.2, 0.25) is 0 Å². The molecular weight excluding hydrogens is 302 g/mol. The molecule has 19 heavy (non-hydrogen) atoms. The first kappa shape index (κ1) is 12.5. The Labute approximate surface area is 120 Å². The minimum Gasteiger partial charge on any atom is -0.392 e. The van der Waals surface area contributed by atoms with Crippen LogP contribution in [0.5, 0.6) is 0 Å². The Morgan fingerprint density at radius 2 is 1.89 bits per heavy atom. The monoisotopic (exact) mass is 315 g/mol. The van der Waals surface area contributed by atoms with Gasteiger partial charge in [0.1, 0.15) is 0 Å². The van der Waals surface area contributed by atoms with E-state index in [0.717, 1.165) is 22.1 Å². The van der Waals surface area contributed by atoms with Gasteiger partial charge in [0.25, 0.3) is 0 Å². The van der Waals surface area contributed by atoms with Crippen molar-refractivity contribution in [2.45, 2.75) is 13.2 Å². The normalized spacial score (nSPS) is 11.1. The van der Waals surface area contributed by atoms with Crippen molar-refractivity contribution in [2.24, 2.45) is 0 Å². The van der Waals surface area contributed by atoms with Crippen LogP contribution in [0.3, 0.4) is 0 Å². The van der Waals surface area contributed by atoms with E-state index in [1.807, 2.05) is 24.3 Å². The zero-order chi connectivity index (χ0) is 13.2. The zero-order valence-electron chi connectivity index (χ0n) is 10.4. The highest BCUT2D eigenvalue weighted by atomic mass is 79.9. The number of halogens is 1. The quantitative estimate of drug-likeness (QED) is 0.778. The van der Waals surface area contributed by atoms with Crippen LogP contribution in [-0.4, -0.2) is 9.67 Å². The van der Waals surface area contributed by atoms with Crippen molar-refractivity contribution in [2.75, 3.05) is 0 Å². The lowest BCUT2D eigenvalue weighted by Crippen LogP contribution is -1.99. The van der Waals surface area contributed by atoms with Crippen LogP contribution in [0.4, 0.5) is 0 Å². The van der Waals surface area contributed by atoms with E-state index in [1.54, 1.807) is 0 Å². The molecule has 0 aliphatic rings. The first-order valence-corrected chi connectivity index (χ1v) is 6.99. The summed E-state index contributed by atoms with van der Waals surface area (Å²) in [6, 6.07) is 16.4. The van der Waals surface area contributed by atoms with Gasteiger partial charge in [0, 0.05) is 22.7 Å². The van der Waals surface area contributed by atoms with Gasteiger partial charge < -0.3 is 9.67 Å². The minimum atomic E-state index is 0.0795. The topological polar surface area (TPSA) is 25.2 Å². The van der Waals surface area contributed by atoms with Crippen LogP contribution in [0.25, 0.3) is 10.9 Å². The molecule has 0 aliphatic heterocycles. The van der Waals surface area contributed by atoms with Gasteiger partial charge in [-0.1, -0.05) is 46.3 Å². The molecule has 1 aromatic heterocycles. The number of rotatable bonds is 3. The van der Waals surface area contributed by atoms with E-state index in [0.29, 0.717) is 0 Å². The first-order chi connectivity index (χ1) is 9.28. The van der Waals surface area contributed by atoms with Crippen LogP contribution in [0.1, 0.15) is 11.1 Å². The molecule has 2 aromatic carbocycles. The highest BCUT2D eigenvalue weighted by molar-refractivity contribution is 9.10. The Hall–Kier alpha value is -1.58. The molecular formula is C16H14BrNO. The summed E-state index contributed by atoms with van der Waals surface area (Å²) in [4.78, 5) is 0. The van der Waals surface area contributed by atoms with E-state index in [1.165, 1.54) is 10.9 Å². The van der Waals surface area contributed by atoms with Gasteiger partial charge in [-0.25, -0.2) is 0 Å². The maximum Gasteiger partial charge on any atom is 0.0682 e. The Morgan fingerprint density at radius 3 is 2.68 bits per heavy atom. The molecule has 0 atom stereocenters. The predicted octanol–water partition coefficient (Wildman–Crippen LogP) is 3.94. The molecule has 3 heteroatoms. The van der Waals surface area contributed by atoms with Gasteiger partial charge in [-0.3, -0.25) is 0 Å². The van der Waals surface area contributed by atoms with Gasteiger partial charge in [0.2, 0.25) is 0 Å². The van der Waals surface area contributed by atoms with Crippen molar-refractivity contribution in [1.29, 1.82) is 0 Å². The third-order valence-electron chi connectivity index (χ3n) is 3.32. The van der Waals surface area contributed by atoms with Crippen LogP contribution in [0.15, 0.2) is 59.2 Å². The van der Waals surface area contributed by atoms with Crippen molar-refractivity contribution in [1.82, 2.24) is 4.57 Å². The molecule has 2 nitrogen and oxygen atoms in total. The number of fused-ring (bicyclic) bond motifs is 1. The summed E-state index contributed by atoms with van der Waals surface area (Å²) in [6.45, 7) is 0.899. The number of hydrogen-bond donors (Lipinski definition) is 1. The second-order valence-electron chi connectivity index (χ2n) is 4.59. The summed E-state index contributed by atoms with van der Waals surface area (Å²) >= 11 is 3.58. The molecule has 0 aliphatic carbocycles. The number of aliphatic hydroxyl groups is 1. The van der Waals surface area contributed by atoms with Gasteiger partial charge in [-0.05, 0) is 34.7 Å². The number of nitrogens with zero attached hydrogens (tertiary/aromatic N) is 1. The molecule has 0 unspecified atom stereocenters. The largest absolute Gasteiger partial charge is 0.392 e. The third-order valence-corrected chi connectivity index (χ3v) is 4.09. The van der Waals surface area contributed by atoms with Crippen molar-refractivity contribution in [3.8, 4) is 0 Å². The number of hydrogen-bond acceptors (Lipinski definition) is 1. The van der Waals surface area contributed by atoms with Gasteiger partial charge >= 0.3 is 0 Å². The lowest BCUT2D eigenvalue weighted by Gasteiger charge is -2.08. The molecule has 0 amide bonds. The van der Waals surface area contributed by atoms with E-state index in [9.17, 15) is 5.11 Å². The number of aromatic nitrogens is 1. The highest BCUT2D eigenvalue weighted by Gasteiger charge is 2.05. The lowest BCUT2D eigenvalue weighted by atomic mass is 10.1. The summed E-state index contributed by atoms with van der Waals surface area (Å²) in [5.41, 5.74) is 3.34. The molecule has 1 N–H and O–H groups in total. The highest BCUT2D eigenvalue weighted by Crippen LogP contribution is 2.22. The fraction of sp³-hybridized carbons (Fsp3) is 0.125. The molecule has 96 valence electrons. The molecule has 0 bridgehead atoms. The van der Waals surface area contributed by atoms with Gasteiger partial charge in [-0.15, -0.1) is 0 Å². The number of benzene rings is 2. The zero-order valence-corrected chi connectivity index (χ0v) is 12.0. The van der Waals surface area contributed by atoms with Crippen LogP contribution in [0, 0.1) is 0 Å². The molecule has 1 heterocycles. The van der Waals surface area contributed by atoms with E-state index < -0.39 is 0 Å². The fourth-order valence-electron chi connectivity index (χ4n) is 2.28. The lowest BCUT2D eigenvalue weighted by molar-refractivity contribution is 0.282. The average Bonchev–Trinajstić information content (AvgIpc) is 2.84. The minimum absolute atomic E-state index is 0.0795. The predicted molar refractivity (Wildman–Crippen MR) is 81.1 cm³/mol. The van der Waals surface area contributed by atoms with Crippen molar-refractivity contribution >= 4 is 26.8 Å². The first-order valence-electron chi connectivity index (χ1n) is 6.20. The van der Waals surface area contributed by atoms with E-state index >= 15 is 0 Å². The van der Waals surface area contributed by atoms with Crippen LogP contribution < -0.4 is 0 Å². The SMILES string of the molecule is OCc1ccc2ccn(Cc3ccccc3Br)c2c1. The van der Waals surface area contributed by atoms with Crippen molar-refractivity contribution in [3.63, 3.8) is 0 Å². The summed E-state index contributed by atoms with van der Waals surface area (Å²) in [6.07, 6.45) is 2.09. The fourth-order valence-corrected chi connectivity index (χ4v) is 2.69. The van der Waals surface area contributed by atoms with Gasteiger partial charge in [0.15, 0.2) is 0 Å². The number of aliphatic hydroxyl groups excluding tert-OH is 1. The summed E-state index contributed by atoms with van der Waals surface area (Å²) in [5, 5.41) is 10.4. The maximum atomic E-state index is 9.24. The Morgan fingerprint density at radius 1 is 1.05 bits per heavy atom. The van der Waals surface area contributed by atoms with E-state index in [4.69, 9.17) is 0 Å². The maximum absolute atomic E-state index is 9.24. The summed E-state index contributed by atoms with van der Waals surface area (Å²) in [7, 11) is 0. The van der Waals surface area contributed by atoms with Gasteiger partial charge in [-0.2, -0.15) is 0 Å². The van der Waals surface area contributed by atoms with Crippen LogP contribution >= 0.6 is 15.9 Å². The molecule has 3 aromatic rings. The van der Waals surface area contributed by atoms with Crippen LogP contribution in [-0.2, 0) is 13.2 Å². The second-order valence-corrected chi connectivity index (χ2v) is 5.44. The molecule has 0 radical (unpaired) electrons. The van der Waals surface area contributed by atoms with Gasteiger partial charge in [0.05, 0.1) is 6.61 Å². The molecule has 0 fully saturated rings. The molecule has 3 rings (SSSR count). The average molecular weight is 316 g/mol. The molecule has 0 saturated carbocycles. The smallest absolute Gasteiger partial charge is 0.0682 e.